The van der Waals surface area contributed by atoms with Gasteiger partial charge in [-0.05, 0) is 36.2 Å². The highest BCUT2D eigenvalue weighted by atomic mass is 19.4. The van der Waals surface area contributed by atoms with Crippen molar-refractivity contribution < 1.29 is 17.9 Å². The Kier molecular flexibility index (Phi) is 4.47. The van der Waals surface area contributed by atoms with Crippen LogP contribution >= 0.6 is 0 Å². The van der Waals surface area contributed by atoms with E-state index in [1.807, 2.05) is 25.1 Å². The zero-order valence-electron chi connectivity index (χ0n) is 14.0. The summed E-state index contributed by atoms with van der Waals surface area (Å²) in [6, 6.07) is 9.54. The van der Waals surface area contributed by atoms with Crippen molar-refractivity contribution in [3.63, 3.8) is 0 Å². The molecule has 25 heavy (non-hydrogen) atoms. The quantitative estimate of drug-likeness (QED) is 0.792. The highest BCUT2D eigenvalue weighted by molar-refractivity contribution is 5.65. The van der Waals surface area contributed by atoms with Crippen LogP contribution in [0, 0.1) is 6.92 Å². The molecule has 1 aliphatic heterocycles. The molecule has 0 amide bonds. The molecule has 6 heteroatoms. The van der Waals surface area contributed by atoms with Crippen molar-refractivity contribution in [2.45, 2.75) is 19.1 Å². The maximum Gasteiger partial charge on any atom is 0.418 e. The fourth-order valence-electron chi connectivity index (χ4n) is 3.24. The molecule has 1 heterocycles. The molecule has 3 nitrogen and oxygen atoms in total. The van der Waals surface area contributed by atoms with Crippen LogP contribution in [0.15, 0.2) is 49.1 Å². The maximum absolute atomic E-state index is 13.4. The third-order valence-electron chi connectivity index (χ3n) is 4.36. The average molecular weight is 348 g/mol. The molecule has 1 N–H and O–H groups in total. The number of nitrogens with zero attached hydrogens (tertiary/aromatic N) is 1. The molecule has 0 aromatic heterocycles. The molecule has 2 aromatic carbocycles. The van der Waals surface area contributed by atoms with Gasteiger partial charge in [0.15, 0.2) is 0 Å². The average Bonchev–Trinajstić information content (AvgIpc) is 2.92. The Morgan fingerprint density at radius 1 is 1.24 bits per heavy atom. The van der Waals surface area contributed by atoms with Gasteiger partial charge in [0.05, 0.1) is 24.4 Å². The van der Waals surface area contributed by atoms with Crippen LogP contribution in [0.4, 0.5) is 18.9 Å². The van der Waals surface area contributed by atoms with E-state index in [0.717, 1.165) is 17.2 Å². The maximum atomic E-state index is 13.4. The second-order valence-corrected chi connectivity index (χ2v) is 5.95. The Labute approximate surface area is 144 Å². The van der Waals surface area contributed by atoms with Gasteiger partial charge in [-0.25, -0.2) is 5.01 Å². The molecule has 1 unspecified atom stereocenters. The smallest absolute Gasteiger partial charge is 0.418 e. The van der Waals surface area contributed by atoms with Crippen molar-refractivity contribution in [1.29, 1.82) is 0 Å². The molecule has 1 aliphatic rings. The van der Waals surface area contributed by atoms with E-state index >= 15 is 0 Å². The number of benzene rings is 2. The minimum atomic E-state index is -4.41. The summed E-state index contributed by atoms with van der Waals surface area (Å²) in [6.45, 7) is 6.04. The van der Waals surface area contributed by atoms with E-state index < -0.39 is 11.7 Å². The van der Waals surface area contributed by atoms with Crippen LogP contribution in [0.2, 0.25) is 0 Å². The molecule has 132 valence electrons. The molecule has 0 spiro atoms. The van der Waals surface area contributed by atoms with Gasteiger partial charge >= 0.3 is 6.18 Å². The van der Waals surface area contributed by atoms with Crippen molar-refractivity contribution >= 4 is 5.69 Å². The van der Waals surface area contributed by atoms with E-state index in [2.05, 4.69) is 12.0 Å². The number of aryl methyl sites for hydroxylation is 1. The lowest BCUT2D eigenvalue weighted by Crippen LogP contribution is -2.29. The van der Waals surface area contributed by atoms with Gasteiger partial charge in [0, 0.05) is 12.1 Å². The van der Waals surface area contributed by atoms with Crippen LogP contribution in [0.5, 0.6) is 5.75 Å². The summed E-state index contributed by atoms with van der Waals surface area (Å²) >= 11 is 0. The molecule has 0 saturated heterocycles. The molecule has 0 radical (unpaired) electrons. The predicted molar refractivity (Wildman–Crippen MR) is 91.5 cm³/mol. The summed E-state index contributed by atoms with van der Waals surface area (Å²) in [5.41, 5.74) is 4.85. The lowest BCUT2D eigenvalue weighted by molar-refractivity contribution is -0.137. The zero-order chi connectivity index (χ0) is 18.2. The summed E-state index contributed by atoms with van der Waals surface area (Å²) in [6.07, 6.45) is -2.75. The molecule has 0 bridgehead atoms. The second-order valence-electron chi connectivity index (χ2n) is 5.95. The number of fused-ring (bicyclic) bond motifs is 1. The number of para-hydroxylation sites is 1. The predicted octanol–water partition coefficient (Wildman–Crippen LogP) is 4.94. The van der Waals surface area contributed by atoms with Gasteiger partial charge in [-0.15, -0.1) is 6.58 Å². The monoisotopic (exact) mass is 348 g/mol. The van der Waals surface area contributed by atoms with E-state index in [1.54, 1.807) is 24.3 Å². The number of rotatable bonds is 4. The summed E-state index contributed by atoms with van der Waals surface area (Å²) in [5.74, 6) is 0.715. The zero-order valence-corrected chi connectivity index (χ0v) is 14.0. The summed E-state index contributed by atoms with van der Waals surface area (Å²) in [4.78, 5) is 0. The largest absolute Gasteiger partial charge is 0.497 e. The van der Waals surface area contributed by atoms with Crippen molar-refractivity contribution in [3.8, 4) is 5.75 Å². The summed E-state index contributed by atoms with van der Waals surface area (Å²) < 4.78 is 45.3. The number of hydrazine groups is 1. The Bertz CT molecular complexity index is 802. The SMILES string of the molecule is C=CCN1Nc2c(cccc2C(F)(F)F)C1c1ccc(OC)cc1C. The Balaban J connectivity index is 2.15. The van der Waals surface area contributed by atoms with Gasteiger partial charge in [-0.2, -0.15) is 13.2 Å². The molecule has 0 fully saturated rings. The number of hydrogen-bond donors (Lipinski definition) is 1. The van der Waals surface area contributed by atoms with Crippen molar-refractivity contribution in [2.75, 3.05) is 19.1 Å². The fourth-order valence-corrected chi connectivity index (χ4v) is 3.24. The minimum absolute atomic E-state index is 0.108. The highest BCUT2D eigenvalue weighted by Crippen LogP contribution is 2.46. The fraction of sp³-hybridized carbons (Fsp3) is 0.263. The Morgan fingerprint density at radius 3 is 2.60 bits per heavy atom. The number of anilines is 1. The second kappa shape index (κ2) is 6.44. The van der Waals surface area contributed by atoms with Crippen LogP contribution in [0.25, 0.3) is 0 Å². The third-order valence-corrected chi connectivity index (χ3v) is 4.36. The van der Waals surface area contributed by atoms with E-state index in [4.69, 9.17) is 4.74 Å². The third kappa shape index (κ3) is 3.09. The van der Waals surface area contributed by atoms with Gasteiger partial charge in [0.1, 0.15) is 5.75 Å². The number of ether oxygens (including phenoxy) is 1. The van der Waals surface area contributed by atoms with E-state index in [9.17, 15) is 13.2 Å². The first-order valence-corrected chi connectivity index (χ1v) is 7.85. The summed E-state index contributed by atoms with van der Waals surface area (Å²) in [5, 5.41) is 1.77. The summed E-state index contributed by atoms with van der Waals surface area (Å²) in [7, 11) is 1.58. The Hall–Kier alpha value is -2.47. The number of methoxy groups -OCH3 is 1. The van der Waals surface area contributed by atoms with Crippen LogP contribution in [-0.2, 0) is 6.18 Å². The first-order chi connectivity index (χ1) is 11.9. The number of nitrogens with one attached hydrogen (secondary N) is 1. The molecule has 2 aromatic rings. The molecular formula is C19H19F3N2O. The van der Waals surface area contributed by atoms with E-state index in [1.165, 1.54) is 6.07 Å². The highest BCUT2D eigenvalue weighted by Gasteiger charge is 2.40. The molecular weight excluding hydrogens is 329 g/mol. The first-order valence-electron chi connectivity index (χ1n) is 7.85. The minimum Gasteiger partial charge on any atom is -0.497 e. The normalized spacial score (nSPS) is 17.1. The number of halogens is 3. The van der Waals surface area contributed by atoms with Gasteiger partial charge < -0.3 is 10.2 Å². The van der Waals surface area contributed by atoms with Crippen molar-refractivity contribution in [3.05, 3.63) is 71.3 Å². The lowest BCUT2D eigenvalue weighted by Gasteiger charge is -2.25. The van der Waals surface area contributed by atoms with Crippen LogP contribution in [0.1, 0.15) is 28.3 Å². The van der Waals surface area contributed by atoms with Crippen molar-refractivity contribution in [1.82, 2.24) is 5.01 Å². The van der Waals surface area contributed by atoms with Gasteiger partial charge in [-0.1, -0.05) is 24.3 Å². The van der Waals surface area contributed by atoms with Crippen LogP contribution in [-0.4, -0.2) is 18.7 Å². The molecule has 3 rings (SSSR count). The van der Waals surface area contributed by atoms with Gasteiger partial charge in [0.25, 0.3) is 0 Å². The number of alkyl halides is 3. The molecule has 0 saturated carbocycles. The van der Waals surface area contributed by atoms with Crippen LogP contribution < -0.4 is 10.2 Å². The van der Waals surface area contributed by atoms with Gasteiger partial charge in [-0.3, -0.25) is 0 Å². The molecule has 1 atom stereocenters. The number of hydrogen-bond acceptors (Lipinski definition) is 3. The Morgan fingerprint density at radius 2 is 2.00 bits per heavy atom. The topological polar surface area (TPSA) is 24.5 Å². The lowest BCUT2D eigenvalue weighted by atomic mass is 9.93. The standard InChI is InChI=1S/C19H19F3N2O/c1-4-10-24-18(14-9-8-13(25-3)11-12(14)2)15-6-5-7-16(17(15)23-24)19(20,21)22/h4-9,11,18,23H,1,10H2,2-3H3. The van der Waals surface area contributed by atoms with Crippen molar-refractivity contribution in [2.24, 2.45) is 0 Å². The molecule has 0 aliphatic carbocycles. The van der Waals surface area contributed by atoms with E-state index in [-0.39, 0.29) is 11.7 Å². The van der Waals surface area contributed by atoms with E-state index in [0.29, 0.717) is 17.9 Å². The first kappa shape index (κ1) is 17.4. The van der Waals surface area contributed by atoms with Crippen LogP contribution in [0.3, 0.4) is 0 Å². The van der Waals surface area contributed by atoms with Gasteiger partial charge in [0.2, 0.25) is 0 Å².